The lowest BCUT2D eigenvalue weighted by Gasteiger charge is -2.38. The van der Waals surface area contributed by atoms with E-state index in [1.165, 1.54) is 5.57 Å². The van der Waals surface area contributed by atoms with Gasteiger partial charge in [-0.25, -0.2) is 0 Å². The van der Waals surface area contributed by atoms with Crippen LogP contribution in [0.1, 0.15) is 58.8 Å². The molecule has 0 radical (unpaired) electrons. The molecule has 1 saturated heterocycles. The van der Waals surface area contributed by atoms with E-state index in [0.29, 0.717) is 11.8 Å². The van der Waals surface area contributed by atoms with Crippen molar-refractivity contribution in [2.24, 2.45) is 17.8 Å². The van der Waals surface area contributed by atoms with Crippen LogP contribution < -0.4 is 10.8 Å². The summed E-state index contributed by atoms with van der Waals surface area (Å²) in [5.74, 6) is 1.73. The van der Waals surface area contributed by atoms with Gasteiger partial charge in [-0.3, -0.25) is 4.79 Å². The molecule has 1 aliphatic heterocycles. The molecule has 3 atom stereocenters. The Kier molecular flexibility index (Phi) is 12.7. The van der Waals surface area contributed by atoms with Crippen molar-refractivity contribution in [1.82, 2.24) is 10.2 Å². The second kappa shape index (κ2) is 14.1. The molecular weight excluding hydrogens is 430 g/mol. The topological polar surface area (TPSA) is 135 Å². The van der Waals surface area contributed by atoms with Gasteiger partial charge in [0, 0.05) is 31.0 Å². The number of carbonyl (C=O) groups is 1. The van der Waals surface area contributed by atoms with Crippen molar-refractivity contribution in [1.29, 1.82) is 0 Å². The molecule has 2 unspecified atom stereocenters. The summed E-state index contributed by atoms with van der Waals surface area (Å²) < 4.78 is 0. The summed E-state index contributed by atoms with van der Waals surface area (Å²) in [7, 11) is 0. The second-order valence-corrected chi connectivity index (χ2v) is 9.91. The van der Waals surface area contributed by atoms with E-state index >= 15 is 0 Å². The van der Waals surface area contributed by atoms with Gasteiger partial charge in [0.1, 0.15) is 0 Å². The van der Waals surface area contributed by atoms with Gasteiger partial charge in [-0.1, -0.05) is 49.2 Å². The first-order valence-corrected chi connectivity index (χ1v) is 12.0. The number of carbonyl (C=O) groups excluding carboxylic acids is 1. The van der Waals surface area contributed by atoms with E-state index < -0.39 is 0 Å². The Morgan fingerprint density at radius 1 is 1.22 bits per heavy atom. The van der Waals surface area contributed by atoms with Crippen molar-refractivity contribution >= 4 is 17.5 Å². The van der Waals surface area contributed by atoms with Crippen molar-refractivity contribution in [3.05, 3.63) is 40.1 Å². The van der Waals surface area contributed by atoms with Crippen LogP contribution in [0.3, 0.4) is 0 Å². The molecule has 1 heterocycles. The molecule has 32 heavy (non-hydrogen) atoms. The van der Waals surface area contributed by atoms with Gasteiger partial charge in [-0.15, -0.1) is 0 Å². The number of hydroxylamine groups is 1. The molecule has 3 aliphatic rings. The van der Waals surface area contributed by atoms with Gasteiger partial charge in [-0.05, 0) is 62.5 Å². The van der Waals surface area contributed by atoms with E-state index in [0.717, 1.165) is 75.1 Å². The first kappa shape index (κ1) is 28.8. The van der Waals surface area contributed by atoms with E-state index in [-0.39, 0.29) is 34.9 Å². The fourth-order valence-corrected chi connectivity index (χ4v) is 5.12. The SMILES string of the molecule is CC(C)[C@@H](NCCC1=CCC([NH2+][O-])CC1)C(=O)N1CCC(C2C=CC(Cl)=CC2)CC1.O.O. The number of quaternary nitrogens is 1. The highest BCUT2D eigenvalue weighted by Crippen LogP contribution is 2.32. The van der Waals surface area contributed by atoms with Crippen molar-refractivity contribution < 1.29 is 21.2 Å². The molecule has 8 heteroatoms. The van der Waals surface area contributed by atoms with E-state index in [2.05, 4.69) is 42.3 Å². The third-order valence-electron chi connectivity index (χ3n) is 7.03. The Morgan fingerprint density at radius 2 is 1.94 bits per heavy atom. The van der Waals surface area contributed by atoms with Crippen LogP contribution in [-0.4, -0.2) is 53.5 Å². The maximum atomic E-state index is 13.2. The molecule has 1 fully saturated rings. The van der Waals surface area contributed by atoms with Crippen molar-refractivity contribution in [3.63, 3.8) is 0 Å². The van der Waals surface area contributed by atoms with Gasteiger partial charge < -0.3 is 31.9 Å². The molecule has 0 aromatic carbocycles. The fraction of sp³-hybridized carbons (Fsp3) is 0.708. The van der Waals surface area contributed by atoms with Gasteiger partial charge in [0.15, 0.2) is 0 Å². The summed E-state index contributed by atoms with van der Waals surface area (Å²) in [6.45, 7) is 6.78. The molecule has 0 aromatic rings. The number of hydrogen-bond donors (Lipinski definition) is 2. The van der Waals surface area contributed by atoms with E-state index in [1.807, 2.05) is 6.08 Å². The first-order valence-electron chi connectivity index (χ1n) is 11.7. The molecule has 0 saturated carbocycles. The minimum atomic E-state index is -0.121. The Morgan fingerprint density at radius 3 is 2.47 bits per heavy atom. The summed E-state index contributed by atoms with van der Waals surface area (Å²) in [4.78, 5) is 15.3. The van der Waals surface area contributed by atoms with Crippen LogP contribution in [0.5, 0.6) is 0 Å². The number of halogens is 1. The Labute approximate surface area is 197 Å². The molecule has 184 valence electrons. The van der Waals surface area contributed by atoms with E-state index in [1.54, 1.807) is 0 Å². The summed E-state index contributed by atoms with van der Waals surface area (Å²) in [5, 5.41) is 15.3. The number of rotatable bonds is 8. The van der Waals surface area contributed by atoms with Crippen LogP contribution in [0.2, 0.25) is 0 Å². The number of nitrogens with zero attached hydrogens (tertiary/aromatic N) is 1. The molecule has 7 nitrogen and oxygen atoms in total. The number of nitrogens with one attached hydrogen (secondary N) is 1. The molecule has 2 aliphatic carbocycles. The lowest BCUT2D eigenvalue weighted by molar-refractivity contribution is -0.627. The third-order valence-corrected chi connectivity index (χ3v) is 7.31. The molecular formula is C24H42ClN3O4. The zero-order valence-corrected chi connectivity index (χ0v) is 20.2. The summed E-state index contributed by atoms with van der Waals surface area (Å²) in [5.41, 5.74) is 2.50. The predicted molar refractivity (Wildman–Crippen MR) is 130 cm³/mol. The zero-order chi connectivity index (χ0) is 21.5. The van der Waals surface area contributed by atoms with Crippen LogP contribution >= 0.6 is 11.6 Å². The number of amides is 1. The average molecular weight is 472 g/mol. The van der Waals surface area contributed by atoms with Crippen molar-refractivity contribution in [2.45, 2.75) is 70.9 Å². The Balaban J connectivity index is 0.00000256. The highest BCUT2D eigenvalue weighted by Gasteiger charge is 2.32. The minimum Gasteiger partial charge on any atom is -0.636 e. The van der Waals surface area contributed by atoms with Crippen molar-refractivity contribution in [3.8, 4) is 0 Å². The van der Waals surface area contributed by atoms with Crippen LogP contribution in [0.25, 0.3) is 0 Å². The Bertz CT molecular complexity index is 672. The fourth-order valence-electron chi connectivity index (χ4n) is 4.96. The smallest absolute Gasteiger partial charge is 0.239 e. The molecule has 3 rings (SSSR count). The quantitative estimate of drug-likeness (QED) is 0.412. The predicted octanol–water partition coefficient (Wildman–Crippen LogP) is 1.82. The van der Waals surface area contributed by atoms with Crippen LogP contribution in [0.15, 0.2) is 34.9 Å². The van der Waals surface area contributed by atoms with Crippen LogP contribution in [0, 0.1) is 23.0 Å². The van der Waals surface area contributed by atoms with Gasteiger partial charge in [0.25, 0.3) is 0 Å². The molecule has 0 bridgehead atoms. The maximum absolute atomic E-state index is 13.2. The number of hydrogen-bond acceptors (Lipinski definition) is 3. The van der Waals surface area contributed by atoms with Gasteiger partial charge in [-0.2, -0.15) is 0 Å². The summed E-state index contributed by atoms with van der Waals surface area (Å²) in [6, 6.07) is 0.0801. The lowest BCUT2D eigenvalue weighted by Crippen LogP contribution is -2.84. The summed E-state index contributed by atoms with van der Waals surface area (Å²) in [6.07, 6.45) is 15.6. The van der Waals surface area contributed by atoms with Crippen LogP contribution in [-0.2, 0) is 4.79 Å². The number of nitrogens with two attached hydrogens (primary N) is 1. The lowest BCUT2D eigenvalue weighted by atomic mass is 9.80. The van der Waals surface area contributed by atoms with E-state index in [4.69, 9.17) is 11.6 Å². The highest BCUT2D eigenvalue weighted by molar-refractivity contribution is 6.31. The summed E-state index contributed by atoms with van der Waals surface area (Å²) >= 11 is 6.05. The highest BCUT2D eigenvalue weighted by atomic mass is 35.5. The molecule has 7 N–H and O–H groups in total. The second-order valence-electron chi connectivity index (χ2n) is 9.47. The van der Waals surface area contributed by atoms with Gasteiger partial charge in [0.2, 0.25) is 5.91 Å². The first-order chi connectivity index (χ1) is 14.5. The normalized spacial score (nSPS) is 24.8. The van der Waals surface area contributed by atoms with Gasteiger partial charge >= 0.3 is 0 Å². The van der Waals surface area contributed by atoms with E-state index in [9.17, 15) is 10.0 Å². The standard InChI is InChI=1S/C24H38ClN3O2.2H2O/c1-17(2)23(26-14-11-18-3-9-22(27-30)10-4-18)24(29)28-15-12-20(13-16-28)19-5-7-21(25)8-6-19;;/h3,5,7-8,17,19-20,22-23,26H,4,6,9-16,27H2,1-2H3;2*1H2/t19?,22?,23-;;/m1../s1. The minimum absolute atomic E-state index is 0. The van der Waals surface area contributed by atoms with Gasteiger partial charge in [0.05, 0.1) is 12.1 Å². The number of likely N-dealkylation sites (tertiary alicyclic amines) is 1. The number of piperidine rings is 1. The monoisotopic (exact) mass is 471 g/mol. The molecule has 1 amide bonds. The third kappa shape index (κ3) is 7.97. The molecule has 0 aromatic heterocycles. The van der Waals surface area contributed by atoms with Crippen LogP contribution in [0.4, 0.5) is 0 Å². The average Bonchev–Trinajstić information content (AvgIpc) is 2.77. The Hall–Kier alpha value is -1.22. The largest absolute Gasteiger partial charge is 0.636 e. The molecule has 0 spiro atoms. The zero-order valence-electron chi connectivity index (χ0n) is 19.5. The number of allylic oxidation sites excluding steroid dienone is 4. The van der Waals surface area contributed by atoms with Crippen molar-refractivity contribution in [2.75, 3.05) is 19.6 Å². The maximum Gasteiger partial charge on any atom is 0.239 e.